The third kappa shape index (κ3) is 3.01. The fourth-order valence-corrected chi connectivity index (χ4v) is 1.90. The fourth-order valence-electron chi connectivity index (χ4n) is 1.90. The summed E-state index contributed by atoms with van der Waals surface area (Å²) in [5.74, 6) is -1.57. The summed E-state index contributed by atoms with van der Waals surface area (Å²) in [6, 6.07) is 4.21. The van der Waals surface area contributed by atoms with Crippen LogP contribution in [0.3, 0.4) is 0 Å². The average molecular weight is 281 g/mol. The third-order valence-corrected chi connectivity index (χ3v) is 3.42. The van der Waals surface area contributed by atoms with Crippen LogP contribution in [-0.4, -0.2) is 34.7 Å². The number of hydrogen-bond donors (Lipinski definition) is 3. The van der Waals surface area contributed by atoms with Gasteiger partial charge in [0, 0.05) is 6.07 Å². The van der Waals surface area contributed by atoms with Gasteiger partial charge in [-0.1, -0.05) is 13.8 Å². The number of aromatic hydroxyl groups is 1. The molecule has 6 heteroatoms. The topological polar surface area (TPSA) is 95.9 Å². The molecule has 0 spiro atoms. The van der Waals surface area contributed by atoms with Gasteiger partial charge in [0.15, 0.2) is 0 Å². The number of benzene rings is 1. The Morgan fingerprint density at radius 3 is 2.30 bits per heavy atom. The van der Waals surface area contributed by atoms with Gasteiger partial charge in [-0.15, -0.1) is 0 Å². The highest BCUT2D eigenvalue weighted by molar-refractivity contribution is 6.00. The second kappa shape index (κ2) is 6.27. The first-order chi connectivity index (χ1) is 9.40. The van der Waals surface area contributed by atoms with Crippen molar-refractivity contribution in [3.05, 3.63) is 23.8 Å². The zero-order valence-electron chi connectivity index (χ0n) is 11.8. The standard InChI is InChI=1S/C14H19NO5/c1-4-14(5-2,13(18)19)15-12(17)10-7-6-9(20-3)8-11(10)16/h6-8,16H,4-5H2,1-3H3,(H,15,17)(H,18,19). The Morgan fingerprint density at radius 1 is 1.30 bits per heavy atom. The molecule has 1 aromatic carbocycles. The van der Waals surface area contributed by atoms with Gasteiger partial charge in [-0.05, 0) is 25.0 Å². The molecule has 0 saturated heterocycles. The lowest BCUT2D eigenvalue weighted by molar-refractivity contribution is -0.144. The number of methoxy groups -OCH3 is 1. The summed E-state index contributed by atoms with van der Waals surface area (Å²) in [7, 11) is 1.44. The number of hydrogen-bond acceptors (Lipinski definition) is 4. The maximum atomic E-state index is 12.1. The van der Waals surface area contributed by atoms with Gasteiger partial charge in [0.25, 0.3) is 5.91 Å². The van der Waals surface area contributed by atoms with Crippen molar-refractivity contribution in [3.8, 4) is 11.5 Å². The van der Waals surface area contributed by atoms with Crippen molar-refractivity contribution in [1.82, 2.24) is 5.32 Å². The lowest BCUT2D eigenvalue weighted by Gasteiger charge is -2.28. The molecule has 1 rings (SSSR count). The van der Waals surface area contributed by atoms with Gasteiger partial charge in [-0.3, -0.25) is 4.79 Å². The molecule has 0 atom stereocenters. The van der Waals surface area contributed by atoms with Gasteiger partial charge in [-0.25, -0.2) is 4.79 Å². The van der Waals surface area contributed by atoms with Crippen LogP contribution in [-0.2, 0) is 4.79 Å². The summed E-state index contributed by atoms with van der Waals surface area (Å²) in [6.07, 6.45) is 0.503. The van der Waals surface area contributed by atoms with E-state index in [4.69, 9.17) is 4.74 Å². The van der Waals surface area contributed by atoms with Crippen LogP contribution in [0.25, 0.3) is 0 Å². The monoisotopic (exact) mass is 281 g/mol. The van der Waals surface area contributed by atoms with Crippen molar-refractivity contribution in [3.63, 3.8) is 0 Å². The number of carbonyl (C=O) groups excluding carboxylic acids is 1. The highest BCUT2D eigenvalue weighted by Crippen LogP contribution is 2.25. The van der Waals surface area contributed by atoms with Crippen LogP contribution in [0.15, 0.2) is 18.2 Å². The number of ether oxygens (including phenoxy) is 1. The largest absolute Gasteiger partial charge is 0.507 e. The average Bonchev–Trinajstić information content (AvgIpc) is 2.43. The highest BCUT2D eigenvalue weighted by atomic mass is 16.5. The van der Waals surface area contributed by atoms with E-state index < -0.39 is 17.4 Å². The molecule has 0 heterocycles. The number of phenols is 1. The van der Waals surface area contributed by atoms with Crippen LogP contribution in [0.5, 0.6) is 11.5 Å². The number of phenolic OH excluding ortho intramolecular Hbond substituents is 1. The van der Waals surface area contributed by atoms with E-state index in [1.165, 1.54) is 25.3 Å². The Labute approximate surface area is 117 Å². The minimum atomic E-state index is -1.33. The minimum absolute atomic E-state index is 0.0123. The second-order valence-corrected chi connectivity index (χ2v) is 4.43. The first kappa shape index (κ1) is 15.8. The molecular formula is C14H19NO5. The van der Waals surface area contributed by atoms with E-state index >= 15 is 0 Å². The van der Waals surface area contributed by atoms with Crippen LogP contribution >= 0.6 is 0 Å². The molecular weight excluding hydrogens is 262 g/mol. The summed E-state index contributed by atoms with van der Waals surface area (Å²) < 4.78 is 4.93. The van der Waals surface area contributed by atoms with E-state index in [2.05, 4.69) is 5.32 Å². The summed E-state index contributed by atoms with van der Waals surface area (Å²) in [5.41, 5.74) is -1.32. The number of carbonyl (C=O) groups is 2. The summed E-state index contributed by atoms with van der Waals surface area (Å²) in [5, 5.41) is 21.5. The molecule has 3 N–H and O–H groups in total. The van der Waals surface area contributed by atoms with Crippen LogP contribution in [0.4, 0.5) is 0 Å². The van der Waals surface area contributed by atoms with E-state index in [0.717, 1.165) is 0 Å². The molecule has 1 aromatic rings. The molecule has 0 radical (unpaired) electrons. The minimum Gasteiger partial charge on any atom is -0.507 e. The highest BCUT2D eigenvalue weighted by Gasteiger charge is 2.37. The van der Waals surface area contributed by atoms with Gasteiger partial charge in [-0.2, -0.15) is 0 Å². The Morgan fingerprint density at radius 2 is 1.90 bits per heavy atom. The number of amides is 1. The van der Waals surface area contributed by atoms with Crippen LogP contribution in [0.2, 0.25) is 0 Å². The Balaban J connectivity index is 3.04. The van der Waals surface area contributed by atoms with E-state index in [0.29, 0.717) is 5.75 Å². The van der Waals surface area contributed by atoms with Gasteiger partial charge < -0.3 is 20.3 Å². The molecule has 0 aliphatic rings. The lowest BCUT2D eigenvalue weighted by atomic mass is 9.92. The van der Waals surface area contributed by atoms with Crippen molar-refractivity contribution in [1.29, 1.82) is 0 Å². The predicted molar refractivity (Wildman–Crippen MR) is 73.1 cm³/mol. The SMILES string of the molecule is CCC(CC)(NC(=O)c1ccc(OC)cc1O)C(=O)O. The van der Waals surface area contributed by atoms with E-state index in [1.807, 2.05) is 0 Å². The number of carboxylic acid groups (broad SMARTS) is 1. The first-order valence-corrected chi connectivity index (χ1v) is 6.33. The van der Waals surface area contributed by atoms with Crippen molar-refractivity contribution in [2.45, 2.75) is 32.2 Å². The molecule has 20 heavy (non-hydrogen) atoms. The van der Waals surface area contributed by atoms with Crippen LogP contribution in [0, 0.1) is 0 Å². The molecule has 0 unspecified atom stereocenters. The zero-order chi connectivity index (χ0) is 15.3. The maximum absolute atomic E-state index is 12.1. The molecule has 0 saturated carbocycles. The number of aliphatic carboxylic acids is 1. The smallest absolute Gasteiger partial charge is 0.329 e. The van der Waals surface area contributed by atoms with E-state index in [-0.39, 0.29) is 24.2 Å². The van der Waals surface area contributed by atoms with Gasteiger partial charge in [0.05, 0.1) is 12.7 Å². The predicted octanol–water partition coefficient (Wildman–Crippen LogP) is 1.77. The normalized spacial score (nSPS) is 10.9. The molecule has 0 fully saturated rings. The molecule has 0 bridgehead atoms. The zero-order valence-corrected chi connectivity index (χ0v) is 11.8. The van der Waals surface area contributed by atoms with Crippen LogP contribution < -0.4 is 10.1 Å². The molecule has 0 aliphatic heterocycles. The van der Waals surface area contributed by atoms with Gasteiger partial charge in [0.2, 0.25) is 0 Å². The number of nitrogens with one attached hydrogen (secondary N) is 1. The van der Waals surface area contributed by atoms with Crippen molar-refractivity contribution >= 4 is 11.9 Å². The summed E-state index contributed by atoms with van der Waals surface area (Å²) >= 11 is 0. The maximum Gasteiger partial charge on any atom is 0.329 e. The fraction of sp³-hybridized carbons (Fsp3) is 0.429. The summed E-state index contributed by atoms with van der Waals surface area (Å²) in [6.45, 7) is 3.37. The molecule has 0 aromatic heterocycles. The Bertz CT molecular complexity index is 508. The Hall–Kier alpha value is -2.24. The van der Waals surface area contributed by atoms with E-state index in [9.17, 15) is 19.8 Å². The van der Waals surface area contributed by atoms with Gasteiger partial charge >= 0.3 is 5.97 Å². The second-order valence-electron chi connectivity index (χ2n) is 4.43. The van der Waals surface area contributed by atoms with E-state index in [1.54, 1.807) is 13.8 Å². The van der Waals surface area contributed by atoms with Gasteiger partial charge in [0.1, 0.15) is 17.0 Å². The Kier molecular flexibility index (Phi) is 4.96. The molecule has 1 amide bonds. The quantitative estimate of drug-likeness (QED) is 0.738. The molecule has 110 valence electrons. The van der Waals surface area contributed by atoms with Crippen LogP contribution in [0.1, 0.15) is 37.0 Å². The first-order valence-electron chi connectivity index (χ1n) is 6.33. The number of carboxylic acids is 1. The summed E-state index contributed by atoms with van der Waals surface area (Å²) in [4.78, 5) is 23.5. The van der Waals surface area contributed by atoms with Crippen molar-refractivity contribution in [2.24, 2.45) is 0 Å². The molecule has 6 nitrogen and oxygen atoms in total. The third-order valence-electron chi connectivity index (χ3n) is 3.42. The van der Waals surface area contributed by atoms with Crippen molar-refractivity contribution in [2.75, 3.05) is 7.11 Å². The number of rotatable bonds is 6. The molecule has 0 aliphatic carbocycles. The lowest BCUT2D eigenvalue weighted by Crippen LogP contribution is -2.53. The van der Waals surface area contributed by atoms with Crippen molar-refractivity contribution < 1.29 is 24.5 Å².